The first-order valence-electron chi connectivity index (χ1n) is 8.83. The molecule has 0 unspecified atom stereocenters. The molecule has 32 heavy (non-hydrogen) atoms. The summed E-state index contributed by atoms with van der Waals surface area (Å²) in [4.78, 5) is 10.0. The van der Waals surface area contributed by atoms with Gasteiger partial charge in [-0.05, 0) is 48.4 Å². The second-order valence-electron chi connectivity index (χ2n) is 5.88. The molecule has 0 spiro atoms. The normalized spacial score (nSPS) is 10.5. The van der Waals surface area contributed by atoms with Crippen LogP contribution < -0.4 is 15.5 Å². The monoisotopic (exact) mass is 621 g/mol. The van der Waals surface area contributed by atoms with Crippen molar-refractivity contribution < 1.29 is 27.3 Å². The van der Waals surface area contributed by atoms with Crippen molar-refractivity contribution in [3.63, 3.8) is 0 Å². The Kier molecular flexibility index (Phi) is 17.0. The molecule has 0 amide bonds. The van der Waals surface area contributed by atoms with Gasteiger partial charge in [0, 0.05) is 45.6 Å². The Morgan fingerprint density at radius 1 is 0.875 bits per heavy atom. The minimum Gasteiger partial charge on any atom is -0.871 e. The van der Waals surface area contributed by atoms with E-state index in [0.29, 0.717) is 40.8 Å². The average Bonchev–Trinajstić information content (AvgIpc) is 2.70. The summed E-state index contributed by atoms with van der Waals surface area (Å²) in [5, 5.41) is 35.1. The van der Waals surface area contributed by atoms with E-state index in [-0.39, 0.29) is 38.6 Å². The van der Waals surface area contributed by atoms with Crippen molar-refractivity contribution in [2.24, 2.45) is 9.98 Å². The number of hydrogen-bond donors (Lipinski definition) is 1. The van der Waals surface area contributed by atoms with Gasteiger partial charge in [-0.1, -0.05) is 57.9 Å². The Labute approximate surface area is 225 Å². The molecular formula is C20H17Cl4FeN4O2Se+. The van der Waals surface area contributed by atoms with E-state index in [9.17, 15) is 10.2 Å². The van der Waals surface area contributed by atoms with E-state index < -0.39 is 0 Å². The van der Waals surface area contributed by atoms with E-state index in [0.717, 1.165) is 13.0 Å². The van der Waals surface area contributed by atoms with Crippen LogP contribution in [-0.4, -0.2) is 54.6 Å². The van der Waals surface area contributed by atoms with Crippen LogP contribution in [0.5, 0.6) is 11.5 Å². The average molecular weight is 622 g/mol. The van der Waals surface area contributed by atoms with Gasteiger partial charge in [-0.2, -0.15) is 0 Å². The number of nitrogens with zero attached hydrogens (tertiary/aromatic N) is 3. The van der Waals surface area contributed by atoms with E-state index >= 15 is 0 Å². The number of aliphatic imine (C=N–C) groups is 2. The van der Waals surface area contributed by atoms with Crippen LogP contribution in [-0.2, 0) is 17.1 Å². The Morgan fingerprint density at radius 3 is 1.78 bits per heavy atom. The Bertz CT molecular complexity index is 900. The summed E-state index contributed by atoms with van der Waals surface area (Å²) in [5.74, 6) is -0.573. The molecule has 0 aliphatic rings. The fourth-order valence-electron chi connectivity index (χ4n) is 2.24. The SMILES string of the molecule is N#C[Se-].[Fe+4].[O-]c1c(Cl)cc(Cl)cc1C=NCCCNCCN=Cc1cc(Cl)cc(Cl)c1[O-]. The van der Waals surface area contributed by atoms with E-state index in [1.54, 1.807) is 4.97 Å². The molecule has 0 fully saturated rings. The number of halogens is 4. The van der Waals surface area contributed by atoms with Gasteiger partial charge >= 0.3 is 43.3 Å². The summed E-state index contributed by atoms with van der Waals surface area (Å²) in [6.45, 7) is 2.45. The van der Waals surface area contributed by atoms with Crippen LogP contribution in [0.15, 0.2) is 34.3 Å². The van der Waals surface area contributed by atoms with Crippen molar-refractivity contribution in [2.75, 3.05) is 26.2 Å². The fourth-order valence-corrected chi connectivity index (χ4v) is 3.26. The van der Waals surface area contributed by atoms with Crippen LogP contribution >= 0.6 is 46.4 Å². The maximum atomic E-state index is 11.8. The first-order chi connectivity index (χ1) is 14.8. The molecule has 12 heteroatoms. The number of rotatable bonds is 9. The topological polar surface area (TPSA) is 107 Å². The van der Waals surface area contributed by atoms with Crippen molar-refractivity contribution in [2.45, 2.75) is 6.42 Å². The maximum Gasteiger partial charge on any atom is 4.00 e. The second kappa shape index (κ2) is 17.5. The van der Waals surface area contributed by atoms with E-state index in [1.807, 2.05) is 0 Å². The van der Waals surface area contributed by atoms with Gasteiger partial charge in [0.2, 0.25) is 0 Å². The quantitative estimate of drug-likeness (QED) is 0.262. The molecule has 0 heterocycles. The van der Waals surface area contributed by atoms with E-state index in [4.69, 9.17) is 51.7 Å². The molecule has 2 rings (SSSR count). The van der Waals surface area contributed by atoms with Gasteiger partial charge in [0.25, 0.3) is 0 Å². The van der Waals surface area contributed by atoms with Gasteiger partial charge in [0.1, 0.15) is 0 Å². The van der Waals surface area contributed by atoms with Gasteiger partial charge in [-0.3, -0.25) is 9.98 Å². The second-order valence-corrected chi connectivity index (χ2v) is 7.95. The molecule has 1 N–H and O–H groups in total. The van der Waals surface area contributed by atoms with Gasteiger partial charge < -0.3 is 15.5 Å². The molecule has 6 nitrogen and oxygen atoms in total. The number of hydrogen-bond acceptors (Lipinski definition) is 6. The maximum absolute atomic E-state index is 11.8. The Balaban J connectivity index is 0.00000227. The van der Waals surface area contributed by atoms with Gasteiger partial charge in [0.05, 0.1) is 6.54 Å². The third-order valence-corrected chi connectivity index (χ3v) is 4.59. The fraction of sp³-hybridized carbons (Fsp3) is 0.250. The summed E-state index contributed by atoms with van der Waals surface area (Å²) < 4.78 is 0. The van der Waals surface area contributed by atoms with Crippen LogP contribution in [0.4, 0.5) is 0 Å². The molecule has 0 atom stereocenters. The zero-order valence-electron chi connectivity index (χ0n) is 16.4. The van der Waals surface area contributed by atoms with E-state index in [2.05, 4.69) is 31.3 Å². The minimum absolute atomic E-state index is 0. The predicted octanol–water partition coefficient (Wildman–Crippen LogP) is 3.60. The van der Waals surface area contributed by atoms with Crippen LogP contribution in [0.1, 0.15) is 17.5 Å². The summed E-state index contributed by atoms with van der Waals surface area (Å²) in [6, 6.07) is 5.89. The third kappa shape index (κ3) is 11.8. The summed E-state index contributed by atoms with van der Waals surface area (Å²) in [5.41, 5.74) is 0.740. The van der Waals surface area contributed by atoms with Gasteiger partial charge in [0.15, 0.2) is 0 Å². The number of benzene rings is 2. The molecule has 0 aliphatic carbocycles. The van der Waals surface area contributed by atoms with Gasteiger partial charge in [-0.15, -0.1) is 0 Å². The molecule has 2 aromatic carbocycles. The first-order valence-corrected chi connectivity index (χ1v) is 11.2. The zero-order valence-corrected chi connectivity index (χ0v) is 22.3. The molecule has 2 aromatic rings. The van der Waals surface area contributed by atoms with Crippen molar-refractivity contribution in [1.29, 1.82) is 5.26 Å². The van der Waals surface area contributed by atoms with Crippen LogP contribution in [0, 0.1) is 10.2 Å². The standard InChI is InChI=1S/C19H19Cl4N3O2.CHNSe.Fe/c20-14-6-12(18(27)16(22)8-14)10-25-3-1-2-24-4-5-26-11-13-7-15(21)9-17(23)19(13)28;2-1-3;/h6-11,24,27-28H,1-5H2;3H;/q;;+4/p-3. The number of nitrogens with one attached hydrogen (secondary N) is 1. The molecule has 0 radical (unpaired) electrons. The minimum atomic E-state index is -0.289. The molecule has 0 aromatic heterocycles. The van der Waals surface area contributed by atoms with Crippen molar-refractivity contribution in [1.82, 2.24) is 5.32 Å². The van der Waals surface area contributed by atoms with Gasteiger partial charge in [-0.25, -0.2) is 0 Å². The van der Waals surface area contributed by atoms with Crippen LogP contribution in [0.3, 0.4) is 0 Å². The number of nitriles is 1. The van der Waals surface area contributed by atoms with E-state index in [1.165, 1.54) is 36.7 Å². The summed E-state index contributed by atoms with van der Waals surface area (Å²) >= 11 is 25.4. The predicted molar refractivity (Wildman–Crippen MR) is 126 cm³/mol. The molecule has 0 saturated carbocycles. The Morgan fingerprint density at radius 2 is 1.31 bits per heavy atom. The molecule has 0 saturated heterocycles. The van der Waals surface area contributed by atoms with Crippen molar-refractivity contribution in [3.05, 3.63) is 55.5 Å². The summed E-state index contributed by atoms with van der Waals surface area (Å²) in [6.07, 6.45) is 3.75. The Hall–Kier alpha value is -0.971. The van der Waals surface area contributed by atoms with Crippen molar-refractivity contribution >= 4 is 74.8 Å². The molecular weight excluding hydrogens is 605 g/mol. The molecule has 0 bridgehead atoms. The molecule has 170 valence electrons. The zero-order chi connectivity index (χ0) is 23.2. The largest absolute Gasteiger partial charge is 4.00 e. The third-order valence-electron chi connectivity index (χ3n) is 3.59. The van der Waals surface area contributed by atoms with Crippen molar-refractivity contribution in [3.8, 4) is 16.5 Å². The van der Waals surface area contributed by atoms with Crippen LogP contribution in [0.2, 0.25) is 20.1 Å². The summed E-state index contributed by atoms with van der Waals surface area (Å²) in [7, 11) is 0. The molecule has 0 aliphatic heterocycles. The van der Waals surface area contributed by atoms with Crippen LogP contribution in [0.25, 0.3) is 0 Å². The first kappa shape index (κ1) is 31.0. The smallest absolute Gasteiger partial charge is 0.871 e.